The van der Waals surface area contributed by atoms with E-state index in [0.29, 0.717) is 139 Å². The van der Waals surface area contributed by atoms with Crippen molar-refractivity contribution < 1.29 is 37.2 Å². The van der Waals surface area contributed by atoms with Crippen molar-refractivity contribution in [3.8, 4) is 0 Å². The molecular formula is C139H279F2N3O6. The van der Waals surface area contributed by atoms with Crippen molar-refractivity contribution in [2.45, 2.75) is 689 Å². The predicted octanol–water partition coefficient (Wildman–Crippen LogP) is 42.4. The molecule has 17 atom stereocenters. The topological polar surface area (TPSA) is 91.5 Å². The molecule has 12 heterocycles. The molecule has 10 unspecified atom stereocenters. The van der Waals surface area contributed by atoms with Gasteiger partial charge in [-0.25, -0.2) is 8.78 Å². The van der Waals surface area contributed by atoms with E-state index in [2.05, 4.69) is 314 Å². The third-order valence-corrected chi connectivity index (χ3v) is 38.0. The predicted molar refractivity (Wildman–Crippen MR) is 660 cm³/mol. The number of fused-ring (bicyclic) bond motifs is 6. The number of hydrogen-bond acceptors (Lipinski definition) is 9. The van der Waals surface area contributed by atoms with Crippen LogP contribution in [0.1, 0.15) is 622 Å². The van der Waals surface area contributed by atoms with Crippen LogP contribution in [0, 0.1) is 154 Å². The molecule has 18 aliphatic rings. The van der Waals surface area contributed by atoms with E-state index in [1.165, 1.54) is 296 Å². The highest BCUT2D eigenvalue weighted by Gasteiger charge is 2.44. The van der Waals surface area contributed by atoms with E-state index in [4.69, 9.17) is 28.4 Å². The van der Waals surface area contributed by atoms with Crippen molar-refractivity contribution in [3.63, 3.8) is 0 Å². The fourth-order valence-corrected chi connectivity index (χ4v) is 26.0. The van der Waals surface area contributed by atoms with Gasteiger partial charge in [-0.2, -0.15) is 0 Å². The molecule has 0 aromatic heterocycles. The maximum atomic E-state index is 12.8. The zero-order chi connectivity index (χ0) is 115. The number of rotatable bonds is 0. The molecular weight excluding hydrogens is 1850 g/mol. The van der Waals surface area contributed by atoms with Gasteiger partial charge in [-0.3, -0.25) is 0 Å². The van der Waals surface area contributed by atoms with Crippen molar-refractivity contribution >= 4 is 0 Å². The summed E-state index contributed by atoms with van der Waals surface area (Å²) >= 11 is 0. The number of piperidine rings is 1. The van der Waals surface area contributed by atoms with Gasteiger partial charge in [0.2, 0.25) is 5.92 Å². The van der Waals surface area contributed by atoms with Crippen LogP contribution in [-0.4, -0.2) is 119 Å². The zero-order valence-corrected chi connectivity index (χ0v) is 111. The minimum atomic E-state index is -2.37. The quantitative estimate of drug-likeness (QED) is 0.219. The Balaban J connectivity index is 0.000000802. The molecule has 0 amide bonds. The van der Waals surface area contributed by atoms with Crippen LogP contribution in [0.25, 0.3) is 0 Å². The Morgan fingerprint density at radius 2 is 0.407 bits per heavy atom. The summed E-state index contributed by atoms with van der Waals surface area (Å²) in [5.74, 6) is 11.2. The van der Waals surface area contributed by atoms with Crippen molar-refractivity contribution in [2.24, 2.45) is 154 Å². The minimum absolute atomic E-state index is 0.0922. The van der Waals surface area contributed by atoms with Crippen molar-refractivity contribution in [2.75, 3.05) is 52.5 Å². The van der Waals surface area contributed by atoms with Crippen LogP contribution < -0.4 is 16.0 Å². The molecule has 6 bridgehead atoms. The summed E-state index contributed by atoms with van der Waals surface area (Å²) in [5, 5.41) is 10.1. The monoisotopic (exact) mass is 2130 g/mol. The molecule has 18 fully saturated rings. The van der Waals surface area contributed by atoms with E-state index < -0.39 is 5.92 Å². The van der Waals surface area contributed by atoms with Gasteiger partial charge < -0.3 is 44.4 Å². The fourth-order valence-electron chi connectivity index (χ4n) is 26.0. The maximum absolute atomic E-state index is 12.8. The van der Waals surface area contributed by atoms with Gasteiger partial charge >= 0.3 is 0 Å². The Labute approximate surface area is 942 Å². The molecule has 11 heteroatoms. The van der Waals surface area contributed by atoms with Gasteiger partial charge in [0.1, 0.15) is 0 Å². The van der Waals surface area contributed by atoms with Crippen LogP contribution >= 0.6 is 0 Å². The molecule has 0 spiro atoms. The van der Waals surface area contributed by atoms with Gasteiger partial charge in [0.05, 0.1) is 61.0 Å². The standard InChI is InChI=1S/C11H20O.C11H22O.C10H18F2.2C10H20.C9H19N.C9H18O.C9H18.C8H17N.2C8H14O.C8H16O.C8H16.C7H15N.C7H14.3C2H6/c1-11(2,3)8-6-9-4-5-10(7-8)12-9;1-8-6-10(11(3,4)5)7-9(2)12-8;1-9(2,3)8-4-6-10(11,12)7-5-8;2*1-10(2,3)9-7-5-4-6-8-9;1-9(2,3)8-5-4-6-10-7-8;1-9(2,3)8-4-6-10-7-5-8;1-9(2,3)8-6-4-5-7-8;1-8(2,3)7-4-5-9-6-7;2*1-6-4-7-2-3-8(5-6)9-7;1-6-4-7(2)9-8(3)5-6;1-8(2,3)7-5-4-6-7;1-7(2,3)6-4-8-5-6;1-7(2,3)6-4-5-6;3*1-2/h8-10H,4-7H2,1-3H3;8-10H,6-7H2,1-5H3;8H,4-7H2,1-3H3;2*9H,4-8H2,1-3H3;8,10H,4-7H2,1-3H3;8H,4-7H2,1-3H3;8H,4-7H2,1-3H3;7,9H,4-6H2,1-3H3;2*6-8H,2-5H2,1H3;6-8H,4-5H2,1-3H3;7H,4-6H2,1-3H3;6,8H,4-5H2,1-3H3;6H,4-5H2,1-3H3;3*1-2H3/t8?,9-,10?;8-,9+,10?;;;;;;;;2*6?,7-,8?;6?,7-,8+;;;;;;/m1........11......./s1. The largest absolute Gasteiger partial charge is 0.381 e. The van der Waals surface area contributed by atoms with Crippen LogP contribution in [0.4, 0.5) is 8.78 Å². The highest BCUT2D eigenvalue weighted by Crippen LogP contribution is 2.50. The zero-order valence-electron chi connectivity index (χ0n) is 111. The lowest BCUT2D eigenvalue weighted by Gasteiger charge is -2.39. The summed E-state index contributed by atoms with van der Waals surface area (Å²) in [4.78, 5) is 0. The first-order valence-electron chi connectivity index (χ1n) is 65.4. The van der Waals surface area contributed by atoms with Gasteiger partial charge in [-0.15, -0.1) is 0 Å². The highest BCUT2D eigenvalue weighted by molar-refractivity contribution is 4.93. The van der Waals surface area contributed by atoms with Crippen molar-refractivity contribution in [1.82, 2.24) is 16.0 Å². The summed E-state index contributed by atoms with van der Waals surface area (Å²) in [5.41, 5.74) is 6.12. The van der Waals surface area contributed by atoms with E-state index in [0.717, 1.165) is 96.1 Å². The van der Waals surface area contributed by atoms with Crippen molar-refractivity contribution in [1.29, 1.82) is 0 Å². The normalized spacial score (nSPS) is 30.4. The van der Waals surface area contributed by atoms with Crippen LogP contribution in [-0.2, 0) is 28.4 Å². The Hall–Kier alpha value is -0.500. The molecule has 6 saturated carbocycles. The third-order valence-electron chi connectivity index (χ3n) is 38.0. The van der Waals surface area contributed by atoms with Gasteiger partial charge in [0.25, 0.3) is 0 Å². The van der Waals surface area contributed by atoms with E-state index in [-0.39, 0.29) is 18.3 Å². The molecule has 0 aromatic carbocycles. The third kappa shape index (κ3) is 65.7. The Morgan fingerprint density at radius 1 is 0.187 bits per heavy atom. The molecule has 3 N–H and O–H groups in total. The Kier molecular flexibility index (Phi) is 69.7. The van der Waals surface area contributed by atoms with E-state index in [1.54, 1.807) is 0 Å². The number of ether oxygens (including phenoxy) is 6. The van der Waals surface area contributed by atoms with Crippen LogP contribution in [0.2, 0.25) is 0 Å². The molecule has 12 saturated heterocycles. The second-order valence-corrected chi connectivity index (χ2v) is 64.0. The highest BCUT2D eigenvalue weighted by atomic mass is 19.3. The lowest BCUT2D eigenvalue weighted by atomic mass is 9.69. The van der Waals surface area contributed by atoms with Crippen LogP contribution in [0.3, 0.4) is 0 Å². The summed E-state index contributed by atoms with van der Waals surface area (Å²) in [6.07, 6.45) is 62.7. The van der Waals surface area contributed by atoms with Gasteiger partial charge in [0, 0.05) is 26.1 Å². The summed E-state index contributed by atoms with van der Waals surface area (Å²) in [6, 6.07) is 0. The van der Waals surface area contributed by atoms with Gasteiger partial charge in [-0.1, -0.05) is 369 Å². The molecule has 150 heavy (non-hydrogen) atoms. The first-order chi connectivity index (χ1) is 69.1. The van der Waals surface area contributed by atoms with E-state index in [1.807, 2.05) is 41.5 Å². The Morgan fingerprint density at radius 3 is 0.607 bits per heavy atom. The molecule has 18 rings (SSSR count). The molecule has 0 aromatic rings. The number of halogens is 2. The molecule has 900 valence electrons. The molecule has 9 nitrogen and oxygen atoms in total. The minimum Gasteiger partial charge on any atom is -0.381 e. The molecule has 0 radical (unpaired) electrons. The van der Waals surface area contributed by atoms with Gasteiger partial charge in [0.15, 0.2) is 0 Å². The summed E-state index contributed by atoms with van der Waals surface area (Å²) in [6.45, 7) is 121. The van der Waals surface area contributed by atoms with Crippen LogP contribution in [0.15, 0.2) is 0 Å². The first-order valence-corrected chi connectivity index (χ1v) is 65.4. The lowest BCUT2D eigenvalue weighted by molar-refractivity contribution is -0.0734. The Bertz CT molecular complexity index is 2940. The fraction of sp³-hybridized carbons (Fsp3) is 1.00. The lowest BCUT2D eigenvalue weighted by Crippen LogP contribution is -2.48. The van der Waals surface area contributed by atoms with Crippen molar-refractivity contribution in [3.05, 3.63) is 0 Å². The molecule has 12 aliphatic heterocycles. The summed E-state index contributed by atoms with van der Waals surface area (Å²) in [7, 11) is 0. The summed E-state index contributed by atoms with van der Waals surface area (Å²) < 4.78 is 59.3. The number of alkyl halides is 2. The second kappa shape index (κ2) is 70.9. The maximum Gasteiger partial charge on any atom is 0.248 e. The smallest absolute Gasteiger partial charge is 0.248 e. The first kappa shape index (κ1) is 148. The number of nitrogens with one attached hydrogen (secondary N) is 3. The SMILES string of the molecule is CC.CC.CC.CC(C)(C)C1CC1.CC(C)(C)C1CC2CC[C@H](C1)O2.CC(C)(C)C1CCC(F)(F)CC1.CC(C)(C)C1CCC1.CC(C)(C)C1CCCC1.CC(C)(C)C1CCCCC1.CC(C)(C)C1CCCCC1.CC(C)(C)C1CCCNC1.CC(C)(C)C1CCNC1.CC(C)(C)C1CCOCC1.CC(C)(C)C1CNC1.CC1CC2CC[C@H](C1)O2.CC1CC2CC[C@H](C1)O2.CC1C[C@@H](C)O[C@@H](C)C1.C[C@@H]1CC(C(C)(C)C)C[C@H](C)O1. The average Bonchev–Trinajstić information content (AvgIpc) is 1.67. The van der Waals surface area contributed by atoms with Gasteiger partial charge in [-0.05, 0) is 433 Å². The van der Waals surface area contributed by atoms with E-state index >= 15 is 0 Å². The number of hydrogen-bond donors (Lipinski definition) is 3. The van der Waals surface area contributed by atoms with Crippen LogP contribution in [0.5, 0.6) is 0 Å². The molecule has 6 aliphatic carbocycles. The second-order valence-electron chi connectivity index (χ2n) is 64.0. The average molecular weight is 2130 g/mol. The van der Waals surface area contributed by atoms with E-state index in [9.17, 15) is 8.78 Å².